The molecule has 100 valence electrons. The minimum atomic E-state index is -0.335. The molecule has 0 saturated heterocycles. The van der Waals surface area contributed by atoms with E-state index in [9.17, 15) is 4.79 Å². The quantitative estimate of drug-likeness (QED) is 0.789. The van der Waals surface area contributed by atoms with Gasteiger partial charge in [0, 0.05) is 5.56 Å². The predicted molar refractivity (Wildman–Crippen MR) is 73.3 cm³/mol. The molecule has 0 atom stereocenters. The van der Waals surface area contributed by atoms with Gasteiger partial charge in [-0.15, -0.1) is 0 Å². The molecule has 2 aromatic heterocycles. The van der Waals surface area contributed by atoms with E-state index >= 15 is 0 Å². The van der Waals surface area contributed by atoms with Crippen LogP contribution in [0.1, 0.15) is 16.2 Å². The summed E-state index contributed by atoms with van der Waals surface area (Å²) in [5.74, 6) is 0.436. The van der Waals surface area contributed by atoms with Crippen molar-refractivity contribution in [2.45, 2.75) is 6.92 Å². The van der Waals surface area contributed by atoms with Gasteiger partial charge in [-0.1, -0.05) is 35.5 Å². The van der Waals surface area contributed by atoms with E-state index in [2.05, 4.69) is 10.5 Å². The lowest BCUT2D eigenvalue weighted by molar-refractivity contribution is 0.0996. The van der Waals surface area contributed by atoms with Gasteiger partial charge in [-0.25, -0.2) is 0 Å². The highest BCUT2D eigenvalue weighted by Gasteiger charge is 2.18. The van der Waals surface area contributed by atoms with E-state index in [0.29, 0.717) is 17.1 Å². The molecule has 0 bridgehead atoms. The summed E-state index contributed by atoms with van der Waals surface area (Å²) in [6.07, 6.45) is 1.45. The summed E-state index contributed by atoms with van der Waals surface area (Å²) >= 11 is 0. The highest BCUT2D eigenvalue weighted by atomic mass is 16.5. The monoisotopic (exact) mass is 268 g/mol. The number of aromatic nitrogens is 1. The molecule has 0 saturated carbocycles. The predicted octanol–water partition coefficient (Wildman–Crippen LogP) is 3.50. The van der Waals surface area contributed by atoms with Crippen molar-refractivity contribution in [3.05, 3.63) is 60.2 Å². The number of nitrogens with one attached hydrogen (secondary N) is 1. The van der Waals surface area contributed by atoms with E-state index in [1.165, 1.54) is 6.26 Å². The van der Waals surface area contributed by atoms with Gasteiger partial charge < -0.3 is 14.3 Å². The lowest BCUT2D eigenvalue weighted by atomic mass is 10.1. The van der Waals surface area contributed by atoms with Crippen molar-refractivity contribution in [2.24, 2.45) is 0 Å². The molecular formula is C15H12N2O3. The molecule has 2 heterocycles. The minimum absolute atomic E-state index is 0.240. The van der Waals surface area contributed by atoms with Crippen LogP contribution in [0.4, 0.5) is 5.69 Å². The first-order valence-corrected chi connectivity index (χ1v) is 6.12. The summed E-state index contributed by atoms with van der Waals surface area (Å²) in [5.41, 5.74) is 2.02. The van der Waals surface area contributed by atoms with Crippen LogP contribution in [0.3, 0.4) is 0 Å². The summed E-state index contributed by atoms with van der Waals surface area (Å²) in [4.78, 5) is 12.0. The number of furan rings is 1. The summed E-state index contributed by atoms with van der Waals surface area (Å²) < 4.78 is 10.4. The molecule has 3 aromatic rings. The van der Waals surface area contributed by atoms with Crippen LogP contribution in [-0.2, 0) is 0 Å². The molecule has 1 N–H and O–H groups in total. The number of rotatable bonds is 3. The van der Waals surface area contributed by atoms with Crippen LogP contribution in [0, 0.1) is 6.92 Å². The van der Waals surface area contributed by atoms with Crippen LogP contribution in [0.2, 0.25) is 0 Å². The van der Waals surface area contributed by atoms with Crippen LogP contribution in [-0.4, -0.2) is 11.1 Å². The molecule has 20 heavy (non-hydrogen) atoms. The molecule has 0 radical (unpaired) electrons. The average molecular weight is 268 g/mol. The molecule has 1 amide bonds. The Morgan fingerprint density at radius 2 is 1.95 bits per heavy atom. The second-order valence-electron chi connectivity index (χ2n) is 4.27. The molecule has 1 aromatic carbocycles. The number of hydrogen-bond donors (Lipinski definition) is 1. The zero-order valence-electron chi connectivity index (χ0n) is 10.8. The van der Waals surface area contributed by atoms with Crippen molar-refractivity contribution in [2.75, 3.05) is 5.32 Å². The second kappa shape index (κ2) is 5.05. The van der Waals surface area contributed by atoms with E-state index in [-0.39, 0.29) is 11.7 Å². The Hall–Kier alpha value is -2.82. The fourth-order valence-corrected chi connectivity index (χ4v) is 1.89. The maximum absolute atomic E-state index is 12.0. The molecule has 0 aliphatic heterocycles. The largest absolute Gasteiger partial charge is 0.459 e. The Bertz CT molecular complexity index is 715. The number of carbonyl (C=O) groups is 1. The topological polar surface area (TPSA) is 68.3 Å². The summed E-state index contributed by atoms with van der Waals surface area (Å²) in [7, 11) is 0. The Morgan fingerprint density at radius 1 is 1.15 bits per heavy atom. The van der Waals surface area contributed by atoms with Gasteiger partial charge >= 0.3 is 0 Å². The number of aryl methyl sites for hydroxylation is 1. The molecule has 0 aliphatic carbocycles. The van der Waals surface area contributed by atoms with E-state index in [1.807, 2.05) is 30.3 Å². The second-order valence-corrected chi connectivity index (χ2v) is 4.27. The number of hydrogen-bond acceptors (Lipinski definition) is 4. The Kier molecular flexibility index (Phi) is 3.09. The number of amides is 1. The Labute approximate surface area is 115 Å². The van der Waals surface area contributed by atoms with Crippen molar-refractivity contribution in [3.63, 3.8) is 0 Å². The fraction of sp³-hybridized carbons (Fsp3) is 0.0667. The normalized spacial score (nSPS) is 10.4. The molecule has 3 rings (SSSR count). The first kappa shape index (κ1) is 12.2. The SMILES string of the molecule is Cc1noc(-c2ccccc2)c1NC(=O)c1ccco1. The Balaban J connectivity index is 1.94. The number of carbonyl (C=O) groups excluding carboxylic acids is 1. The lowest BCUT2D eigenvalue weighted by Crippen LogP contribution is -2.11. The smallest absolute Gasteiger partial charge is 0.291 e. The summed E-state index contributed by atoms with van der Waals surface area (Å²) in [5, 5.41) is 6.68. The van der Waals surface area contributed by atoms with Gasteiger partial charge in [-0.05, 0) is 19.1 Å². The summed E-state index contributed by atoms with van der Waals surface area (Å²) in [6.45, 7) is 1.77. The zero-order chi connectivity index (χ0) is 13.9. The highest BCUT2D eigenvalue weighted by Crippen LogP contribution is 2.30. The van der Waals surface area contributed by atoms with Crippen molar-refractivity contribution < 1.29 is 13.7 Å². The maximum Gasteiger partial charge on any atom is 0.291 e. The van der Waals surface area contributed by atoms with E-state index < -0.39 is 0 Å². The molecular weight excluding hydrogens is 256 g/mol. The molecule has 0 aliphatic rings. The third-order valence-electron chi connectivity index (χ3n) is 2.88. The number of benzene rings is 1. The third-order valence-corrected chi connectivity index (χ3v) is 2.88. The first-order chi connectivity index (χ1) is 9.75. The first-order valence-electron chi connectivity index (χ1n) is 6.12. The average Bonchev–Trinajstić information content (AvgIpc) is 3.11. The lowest BCUT2D eigenvalue weighted by Gasteiger charge is -2.03. The van der Waals surface area contributed by atoms with E-state index in [1.54, 1.807) is 19.1 Å². The molecule has 5 heteroatoms. The molecule has 5 nitrogen and oxygen atoms in total. The minimum Gasteiger partial charge on any atom is -0.459 e. The van der Waals surface area contributed by atoms with Gasteiger partial charge in [0.1, 0.15) is 11.4 Å². The standard InChI is InChI=1S/C15H12N2O3/c1-10-13(16-15(18)12-8-5-9-19-12)14(20-17-10)11-6-3-2-4-7-11/h2-9H,1H3,(H,16,18). The Morgan fingerprint density at radius 3 is 2.65 bits per heavy atom. The van der Waals surface area contributed by atoms with Gasteiger partial charge in [0.15, 0.2) is 11.5 Å². The third kappa shape index (κ3) is 2.21. The molecule has 0 spiro atoms. The van der Waals surface area contributed by atoms with E-state index in [0.717, 1.165) is 5.56 Å². The van der Waals surface area contributed by atoms with Crippen molar-refractivity contribution in [3.8, 4) is 11.3 Å². The highest BCUT2D eigenvalue weighted by molar-refractivity contribution is 6.04. The fourth-order valence-electron chi connectivity index (χ4n) is 1.89. The summed E-state index contributed by atoms with van der Waals surface area (Å²) in [6, 6.07) is 12.7. The van der Waals surface area contributed by atoms with Crippen molar-refractivity contribution in [1.82, 2.24) is 5.16 Å². The molecule has 0 unspecified atom stereocenters. The van der Waals surface area contributed by atoms with E-state index in [4.69, 9.17) is 8.94 Å². The van der Waals surface area contributed by atoms with Gasteiger partial charge in [-0.2, -0.15) is 0 Å². The molecule has 0 fully saturated rings. The van der Waals surface area contributed by atoms with Crippen LogP contribution < -0.4 is 5.32 Å². The van der Waals surface area contributed by atoms with Gasteiger partial charge in [-0.3, -0.25) is 4.79 Å². The number of nitrogens with zero attached hydrogens (tertiary/aromatic N) is 1. The van der Waals surface area contributed by atoms with Crippen LogP contribution >= 0.6 is 0 Å². The maximum atomic E-state index is 12.0. The van der Waals surface area contributed by atoms with Crippen LogP contribution in [0.25, 0.3) is 11.3 Å². The number of anilines is 1. The van der Waals surface area contributed by atoms with Gasteiger partial charge in [0.25, 0.3) is 5.91 Å². The van der Waals surface area contributed by atoms with Crippen molar-refractivity contribution >= 4 is 11.6 Å². The van der Waals surface area contributed by atoms with Gasteiger partial charge in [0.05, 0.1) is 6.26 Å². The van der Waals surface area contributed by atoms with Crippen LogP contribution in [0.5, 0.6) is 0 Å². The zero-order valence-corrected chi connectivity index (χ0v) is 10.8. The van der Waals surface area contributed by atoms with Crippen molar-refractivity contribution in [1.29, 1.82) is 0 Å². The van der Waals surface area contributed by atoms with Gasteiger partial charge in [0.2, 0.25) is 0 Å². The van der Waals surface area contributed by atoms with Crippen LogP contribution in [0.15, 0.2) is 57.7 Å².